The molecule has 0 aliphatic rings. The van der Waals surface area contributed by atoms with E-state index in [0.29, 0.717) is 0 Å². The Morgan fingerprint density at radius 2 is 0.513 bits per heavy atom. The molecule has 39 heavy (non-hydrogen) atoms. The van der Waals surface area contributed by atoms with Crippen LogP contribution in [0, 0.1) is 0 Å². The molecule has 0 rings (SSSR count). The third-order valence-corrected chi connectivity index (χ3v) is 7.05. The minimum absolute atomic E-state index is 1.36. The number of hydrogen-bond donors (Lipinski definition) is 2. The summed E-state index contributed by atoms with van der Waals surface area (Å²) in [7, 11) is 0. The van der Waals surface area contributed by atoms with Crippen molar-refractivity contribution >= 4 is 0 Å². The van der Waals surface area contributed by atoms with Gasteiger partial charge >= 0.3 is 31.1 Å². The molecular formula is C32H72N2O4W. The van der Waals surface area contributed by atoms with Crippen molar-refractivity contribution in [3.05, 3.63) is 0 Å². The van der Waals surface area contributed by atoms with Crippen LogP contribution in [-0.4, -0.2) is 26.2 Å². The fourth-order valence-electron chi connectivity index (χ4n) is 4.56. The molecular weight excluding hydrogens is 660 g/mol. The summed E-state index contributed by atoms with van der Waals surface area (Å²) < 4.78 is 34.6. The Morgan fingerprint density at radius 1 is 0.359 bits per heavy atom. The van der Waals surface area contributed by atoms with Gasteiger partial charge in [0.25, 0.3) is 0 Å². The molecule has 0 aromatic carbocycles. The monoisotopic (exact) mass is 733 g/mol. The molecule has 0 aromatic rings. The minimum atomic E-state index is -6.17. The molecule has 4 N–H and O–H groups in total. The Balaban J connectivity index is -0.000000566. The number of nitrogens with two attached hydrogens (primary N) is 2. The summed E-state index contributed by atoms with van der Waals surface area (Å²) in [5.74, 6) is 0. The summed E-state index contributed by atoms with van der Waals surface area (Å²) in [4.78, 5) is 0. The summed E-state index contributed by atoms with van der Waals surface area (Å²) >= 11 is -6.17. The first-order chi connectivity index (χ1) is 18.8. The Hall–Kier alpha value is 0.128. The normalized spacial score (nSPS) is 11.0. The molecule has 0 aromatic heterocycles. The van der Waals surface area contributed by atoms with Gasteiger partial charge < -0.3 is 10.6 Å². The summed E-state index contributed by atoms with van der Waals surface area (Å²) in [5.41, 5.74) is 0. The first kappa shape index (κ1) is 43.6. The molecule has 0 amide bonds. The van der Waals surface area contributed by atoms with Gasteiger partial charge in [-0.25, -0.2) is 0 Å². The molecule has 0 spiro atoms. The average molecular weight is 733 g/mol. The second-order valence-corrected chi connectivity index (χ2v) is 14.1. The van der Waals surface area contributed by atoms with Crippen molar-refractivity contribution in [2.45, 2.75) is 182 Å². The van der Waals surface area contributed by atoms with Gasteiger partial charge in [0.2, 0.25) is 0 Å². The van der Waals surface area contributed by atoms with E-state index in [9.17, 15) is 0 Å². The maximum atomic E-state index is 8.65. The van der Waals surface area contributed by atoms with E-state index >= 15 is 0 Å². The van der Waals surface area contributed by atoms with Gasteiger partial charge in [0, 0.05) is 0 Å². The fraction of sp³-hybridized carbons (Fsp3) is 1.00. The van der Waals surface area contributed by atoms with E-state index in [1.54, 1.807) is 0 Å². The van der Waals surface area contributed by atoms with E-state index in [1.807, 2.05) is 0 Å². The third-order valence-electron chi connectivity index (χ3n) is 7.05. The van der Waals surface area contributed by atoms with Gasteiger partial charge in [0.15, 0.2) is 0 Å². The molecule has 0 saturated carbocycles. The van der Waals surface area contributed by atoms with Crippen molar-refractivity contribution in [2.24, 2.45) is 0 Å². The number of hydrogen-bond acceptors (Lipinski definition) is 4. The Bertz CT molecular complexity index is 438. The maximum absolute atomic E-state index is 8.65. The van der Waals surface area contributed by atoms with Crippen molar-refractivity contribution < 1.29 is 41.7 Å². The number of rotatable bonds is 28. The summed E-state index contributed by atoms with van der Waals surface area (Å²) in [5, 5.41) is 5.05. The van der Waals surface area contributed by atoms with Crippen LogP contribution in [0.25, 0.3) is 0 Å². The van der Waals surface area contributed by atoms with Crippen LogP contribution < -0.4 is 18.2 Å². The zero-order chi connectivity index (χ0) is 29.7. The van der Waals surface area contributed by atoms with E-state index in [2.05, 4.69) is 38.3 Å². The molecule has 0 radical (unpaired) electrons. The van der Waals surface area contributed by atoms with Crippen LogP contribution in [0.1, 0.15) is 182 Å². The Kier molecular flexibility index (Phi) is 45.0. The van der Waals surface area contributed by atoms with Crippen LogP contribution in [0.2, 0.25) is 0 Å². The molecule has 0 bridgehead atoms. The topological polar surface area (TPSA) is 113 Å². The summed E-state index contributed by atoms with van der Waals surface area (Å²) in [6.07, 6.45) is 34.4. The second-order valence-electron chi connectivity index (χ2n) is 11.2. The van der Waals surface area contributed by atoms with Crippen molar-refractivity contribution in [1.82, 2.24) is 0 Å². The molecule has 7 heteroatoms. The van der Waals surface area contributed by atoms with Gasteiger partial charge in [0.05, 0.1) is 26.2 Å². The standard InChI is InChI=1S/2C16H35N.4O.W/c2*1-3-5-7-9-11-13-15-17-16-14-12-10-8-6-4-2;;;;;/h2*17H,3-16H2,1-2H3;;;;;/q;;;;2*-1;/p+2. The van der Waals surface area contributed by atoms with Crippen LogP contribution in [0.3, 0.4) is 0 Å². The molecule has 0 atom stereocenters. The quantitative estimate of drug-likeness (QED) is 0.0973. The molecule has 0 unspecified atom stereocenters. The predicted octanol–water partition coefficient (Wildman–Crippen LogP) is 5.92. The first-order valence-corrected chi connectivity index (χ1v) is 21.9. The first-order valence-electron chi connectivity index (χ1n) is 17.1. The van der Waals surface area contributed by atoms with Crippen LogP contribution in [0.5, 0.6) is 0 Å². The van der Waals surface area contributed by atoms with Gasteiger partial charge in [0.1, 0.15) is 0 Å². The van der Waals surface area contributed by atoms with Crippen LogP contribution >= 0.6 is 0 Å². The van der Waals surface area contributed by atoms with Gasteiger partial charge in [-0.15, -0.1) is 0 Å². The van der Waals surface area contributed by atoms with Crippen molar-refractivity contribution in [2.75, 3.05) is 26.2 Å². The van der Waals surface area contributed by atoms with Crippen LogP contribution in [0.15, 0.2) is 0 Å². The van der Waals surface area contributed by atoms with Crippen LogP contribution in [-0.2, 0) is 23.5 Å². The van der Waals surface area contributed by atoms with E-state index in [0.717, 1.165) is 0 Å². The molecule has 0 aliphatic heterocycles. The molecule has 6 nitrogen and oxygen atoms in total. The van der Waals surface area contributed by atoms with Crippen molar-refractivity contribution in [1.29, 1.82) is 0 Å². The zero-order valence-electron chi connectivity index (χ0n) is 27.0. The average Bonchev–Trinajstić information content (AvgIpc) is 2.89. The number of quaternary nitrogens is 2. The SMILES string of the molecule is CCCCCCCC[NH2+]CCCCCCCC.CCCCCCCC[NH2+]CCCCCCCC.[O]=[W](=[O])([O-])[O-]. The van der Waals surface area contributed by atoms with E-state index in [4.69, 9.17) is 14.3 Å². The van der Waals surface area contributed by atoms with Crippen molar-refractivity contribution in [3.63, 3.8) is 0 Å². The van der Waals surface area contributed by atoms with Gasteiger partial charge in [-0.2, -0.15) is 0 Å². The predicted molar refractivity (Wildman–Crippen MR) is 158 cm³/mol. The Labute approximate surface area is 249 Å². The van der Waals surface area contributed by atoms with Gasteiger partial charge in [-0.05, 0) is 51.4 Å². The molecule has 0 heterocycles. The molecule has 0 fully saturated rings. The summed E-state index contributed by atoms with van der Waals surface area (Å²) in [6.45, 7) is 14.6. The van der Waals surface area contributed by atoms with Gasteiger partial charge in [-0.3, -0.25) is 0 Å². The zero-order valence-corrected chi connectivity index (χ0v) is 29.9. The second kappa shape index (κ2) is 40.3. The van der Waals surface area contributed by atoms with Crippen molar-refractivity contribution in [3.8, 4) is 0 Å². The molecule has 0 aliphatic carbocycles. The molecule has 0 saturated heterocycles. The van der Waals surface area contributed by atoms with E-state index in [-0.39, 0.29) is 0 Å². The van der Waals surface area contributed by atoms with Gasteiger partial charge in [-0.1, -0.05) is 130 Å². The Morgan fingerprint density at radius 3 is 0.692 bits per heavy atom. The van der Waals surface area contributed by atoms with E-state index in [1.165, 1.54) is 180 Å². The summed E-state index contributed by atoms with van der Waals surface area (Å²) in [6, 6.07) is 0. The van der Waals surface area contributed by atoms with Crippen LogP contribution in [0.4, 0.5) is 0 Å². The fourth-order valence-corrected chi connectivity index (χ4v) is 4.56. The third kappa shape index (κ3) is 62.9. The van der Waals surface area contributed by atoms with E-state index < -0.39 is 16.7 Å². The number of unbranched alkanes of at least 4 members (excludes halogenated alkanes) is 20. The molecule has 240 valence electrons.